The molecule has 1 unspecified atom stereocenters. The zero-order valence-electron chi connectivity index (χ0n) is 15.9. The molecule has 0 fully saturated rings. The molecule has 0 saturated heterocycles. The number of pyridine rings is 1. The highest BCUT2D eigenvalue weighted by Crippen LogP contribution is 2.31. The predicted octanol–water partition coefficient (Wildman–Crippen LogP) is 2.59. The lowest BCUT2D eigenvalue weighted by atomic mass is 9.79. The molecule has 5 heteroatoms. The Balaban J connectivity index is 1.79. The molecule has 26 heavy (non-hydrogen) atoms. The summed E-state index contributed by atoms with van der Waals surface area (Å²) in [4.78, 5) is 19.0. The summed E-state index contributed by atoms with van der Waals surface area (Å²) in [7, 11) is 3.35. The molecule has 0 aliphatic heterocycles. The SMILES string of the molecule is COc1c(C)cnc(CN(C)C(=O)C2(O)CCc3ccccc3C2)c1C. The molecule has 0 spiro atoms. The number of nitrogens with zero attached hydrogens (tertiary/aromatic N) is 2. The van der Waals surface area contributed by atoms with E-state index in [4.69, 9.17) is 4.74 Å². The highest BCUT2D eigenvalue weighted by atomic mass is 16.5. The number of aromatic nitrogens is 1. The van der Waals surface area contributed by atoms with E-state index in [1.165, 1.54) is 5.56 Å². The topological polar surface area (TPSA) is 62.7 Å². The number of hydrogen-bond acceptors (Lipinski definition) is 4. The number of benzene rings is 1. The second-order valence-electron chi connectivity index (χ2n) is 7.18. The number of aryl methyl sites for hydroxylation is 2. The van der Waals surface area contributed by atoms with Crippen LogP contribution in [0, 0.1) is 13.8 Å². The molecule has 3 rings (SSSR count). The zero-order valence-corrected chi connectivity index (χ0v) is 15.9. The second-order valence-corrected chi connectivity index (χ2v) is 7.18. The monoisotopic (exact) mass is 354 g/mol. The Labute approximate surface area is 154 Å². The van der Waals surface area contributed by atoms with Crippen molar-refractivity contribution < 1.29 is 14.6 Å². The van der Waals surface area contributed by atoms with E-state index in [1.807, 2.05) is 32.0 Å². The summed E-state index contributed by atoms with van der Waals surface area (Å²) in [6.45, 7) is 4.23. The molecule has 0 bridgehead atoms. The number of fused-ring (bicyclic) bond motifs is 1. The maximum absolute atomic E-state index is 13.0. The molecule has 138 valence electrons. The Kier molecular flexibility index (Phi) is 5.01. The van der Waals surface area contributed by atoms with Crippen LogP contribution < -0.4 is 4.74 Å². The maximum atomic E-state index is 13.0. The molecule has 5 nitrogen and oxygen atoms in total. The van der Waals surface area contributed by atoms with Gasteiger partial charge in [-0.05, 0) is 37.8 Å². The van der Waals surface area contributed by atoms with E-state index in [1.54, 1.807) is 25.3 Å². The van der Waals surface area contributed by atoms with Crippen molar-refractivity contribution in [2.24, 2.45) is 0 Å². The van der Waals surface area contributed by atoms with E-state index in [0.29, 0.717) is 25.8 Å². The van der Waals surface area contributed by atoms with Crippen LogP contribution in [-0.2, 0) is 24.2 Å². The molecular weight excluding hydrogens is 328 g/mol. The number of carbonyl (C=O) groups excluding carboxylic acids is 1. The summed E-state index contributed by atoms with van der Waals surface area (Å²) in [6.07, 6.45) is 3.26. The van der Waals surface area contributed by atoms with Crippen LogP contribution in [0.1, 0.15) is 34.4 Å². The number of likely N-dealkylation sites (N-methyl/N-ethyl adjacent to an activating group) is 1. The zero-order chi connectivity index (χ0) is 18.9. The molecule has 1 atom stereocenters. The predicted molar refractivity (Wildman–Crippen MR) is 100 cm³/mol. The molecule has 1 aliphatic rings. The van der Waals surface area contributed by atoms with Gasteiger partial charge in [0.05, 0.1) is 19.3 Å². The molecule has 1 amide bonds. The minimum Gasteiger partial charge on any atom is -0.496 e. The number of ether oxygens (including phenoxy) is 1. The lowest BCUT2D eigenvalue weighted by molar-refractivity contribution is -0.151. The van der Waals surface area contributed by atoms with Crippen molar-refractivity contribution in [2.75, 3.05) is 14.2 Å². The van der Waals surface area contributed by atoms with Gasteiger partial charge in [-0.2, -0.15) is 0 Å². The largest absolute Gasteiger partial charge is 0.496 e. The fraction of sp³-hybridized carbons (Fsp3) is 0.429. The molecular formula is C21H26N2O3. The molecule has 0 saturated carbocycles. The van der Waals surface area contributed by atoms with E-state index in [-0.39, 0.29) is 5.91 Å². The minimum absolute atomic E-state index is 0.257. The van der Waals surface area contributed by atoms with Crippen LogP contribution >= 0.6 is 0 Å². The average Bonchev–Trinajstić information content (AvgIpc) is 2.63. The van der Waals surface area contributed by atoms with E-state index in [2.05, 4.69) is 11.1 Å². The summed E-state index contributed by atoms with van der Waals surface area (Å²) in [5.74, 6) is 0.536. The lowest BCUT2D eigenvalue weighted by Gasteiger charge is -2.35. The van der Waals surface area contributed by atoms with Crippen molar-refractivity contribution in [2.45, 2.75) is 45.3 Å². The van der Waals surface area contributed by atoms with Crippen LogP contribution in [0.15, 0.2) is 30.5 Å². The van der Waals surface area contributed by atoms with E-state index < -0.39 is 5.60 Å². The van der Waals surface area contributed by atoms with Crippen molar-refractivity contribution in [3.63, 3.8) is 0 Å². The highest BCUT2D eigenvalue weighted by Gasteiger charge is 2.41. The smallest absolute Gasteiger partial charge is 0.254 e. The highest BCUT2D eigenvalue weighted by molar-refractivity contribution is 5.85. The van der Waals surface area contributed by atoms with Crippen molar-refractivity contribution in [3.05, 3.63) is 58.4 Å². The van der Waals surface area contributed by atoms with Gasteiger partial charge in [0.15, 0.2) is 0 Å². The third-order valence-corrected chi connectivity index (χ3v) is 5.29. The van der Waals surface area contributed by atoms with Gasteiger partial charge in [-0.3, -0.25) is 9.78 Å². The van der Waals surface area contributed by atoms with Gasteiger partial charge in [0.2, 0.25) is 0 Å². The summed E-state index contributed by atoms with van der Waals surface area (Å²) in [5, 5.41) is 11.0. The number of aliphatic hydroxyl groups is 1. The summed E-state index contributed by atoms with van der Waals surface area (Å²) in [6, 6.07) is 8.00. The Morgan fingerprint density at radius 1 is 1.31 bits per heavy atom. The Morgan fingerprint density at radius 3 is 2.69 bits per heavy atom. The van der Waals surface area contributed by atoms with Crippen LogP contribution in [0.5, 0.6) is 5.75 Å². The van der Waals surface area contributed by atoms with Crippen molar-refractivity contribution in [3.8, 4) is 5.75 Å². The summed E-state index contributed by atoms with van der Waals surface area (Å²) >= 11 is 0. The molecule has 1 aliphatic carbocycles. The Hall–Kier alpha value is -2.40. The normalized spacial score (nSPS) is 19.0. The van der Waals surface area contributed by atoms with Crippen LogP contribution in [0.2, 0.25) is 0 Å². The molecule has 0 radical (unpaired) electrons. The van der Waals surface area contributed by atoms with Gasteiger partial charge in [-0.25, -0.2) is 0 Å². The van der Waals surface area contributed by atoms with Crippen molar-refractivity contribution in [1.29, 1.82) is 0 Å². The Bertz CT molecular complexity index is 834. The molecule has 1 aromatic heterocycles. The first-order chi connectivity index (χ1) is 12.4. The first-order valence-corrected chi connectivity index (χ1v) is 8.89. The van der Waals surface area contributed by atoms with Crippen LogP contribution in [0.4, 0.5) is 0 Å². The van der Waals surface area contributed by atoms with Gasteiger partial charge in [-0.15, -0.1) is 0 Å². The molecule has 1 N–H and O–H groups in total. The third-order valence-electron chi connectivity index (χ3n) is 5.29. The quantitative estimate of drug-likeness (QED) is 0.917. The van der Waals surface area contributed by atoms with Gasteiger partial charge in [0.25, 0.3) is 5.91 Å². The second kappa shape index (κ2) is 7.08. The lowest BCUT2D eigenvalue weighted by Crippen LogP contribution is -2.50. The summed E-state index contributed by atoms with van der Waals surface area (Å²) < 4.78 is 5.44. The Morgan fingerprint density at radius 2 is 2.00 bits per heavy atom. The molecule has 1 aromatic carbocycles. The van der Waals surface area contributed by atoms with Crippen molar-refractivity contribution >= 4 is 5.91 Å². The minimum atomic E-state index is -1.36. The number of methoxy groups -OCH3 is 1. The van der Waals surface area contributed by atoms with Gasteiger partial charge in [0.1, 0.15) is 11.4 Å². The average molecular weight is 354 g/mol. The molecule has 1 heterocycles. The number of hydrogen-bond donors (Lipinski definition) is 1. The van der Waals surface area contributed by atoms with Crippen LogP contribution in [0.25, 0.3) is 0 Å². The van der Waals surface area contributed by atoms with E-state index >= 15 is 0 Å². The van der Waals surface area contributed by atoms with Gasteiger partial charge in [0, 0.05) is 30.8 Å². The number of amides is 1. The van der Waals surface area contributed by atoms with E-state index in [9.17, 15) is 9.90 Å². The maximum Gasteiger partial charge on any atom is 0.254 e. The third kappa shape index (κ3) is 3.31. The standard InChI is InChI=1S/C21H26N2O3/c1-14-12-22-18(15(2)19(14)26-4)13-23(3)20(24)21(25)10-9-16-7-5-6-8-17(16)11-21/h5-8,12,25H,9-11,13H2,1-4H3. The number of carbonyl (C=O) groups is 1. The first-order valence-electron chi connectivity index (χ1n) is 8.89. The van der Waals surface area contributed by atoms with Gasteiger partial charge < -0.3 is 14.7 Å². The van der Waals surface area contributed by atoms with Crippen LogP contribution in [-0.4, -0.2) is 40.7 Å². The molecule has 2 aromatic rings. The number of rotatable bonds is 4. The van der Waals surface area contributed by atoms with E-state index in [0.717, 1.165) is 28.1 Å². The fourth-order valence-corrected chi connectivity index (χ4v) is 3.78. The first kappa shape index (κ1) is 18.4. The van der Waals surface area contributed by atoms with Crippen LogP contribution in [0.3, 0.4) is 0 Å². The van der Waals surface area contributed by atoms with Gasteiger partial charge in [-0.1, -0.05) is 24.3 Å². The summed E-state index contributed by atoms with van der Waals surface area (Å²) in [5.41, 5.74) is 3.58. The van der Waals surface area contributed by atoms with Gasteiger partial charge >= 0.3 is 0 Å². The fourth-order valence-electron chi connectivity index (χ4n) is 3.78. The van der Waals surface area contributed by atoms with Crippen molar-refractivity contribution in [1.82, 2.24) is 9.88 Å².